The van der Waals surface area contributed by atoms with E-state index in [1.807, 2.05) is 6.07 Å². The van der Waals surface area contributed by atoms with Gasteiger partial charge in [-0.3, -0.25) is 14.5 Å². The number of imidazole rings is 1. The van der Waals surface area contributed by atoms with E-state index >= 15 is 0 Å². The summed E-state index contributed by atoms with van der Waals surface area (Å²) in [4.78, 5) is 34.0. The largest absolute Gasteiger partial charge is 0.469 e. The summed E-state index contributed by atoms with van der Waals surface area (Å²) in [5, 5.41) is 2.99. The van der Waals surface area contributed by atoms with E-state index in [2.05, 4.69) is 35.1 Å². The Morgan fingerprint density at radius 1 is 1.30 bits per heavy atom. The van der Waals surface area contributed by atoms with Gasteiger partial charge in [-0.25, -0.2) is 4.98 Å². The molecule has 2 aromatic rings. The molecule has 0 radical (unpaired) electrons. The summed E-state index contributed by atoms with van der Waals surface area (Å²) in [6, 6.07) is 4.16. The number of esters is 1. The molecule has 146 valence electrons. The molecule has 1 saturated heterocycles. The molecule has 0 aliphatic carbocycles. The molecule has 2 atom stereocenters. The zero-order chi connectivity index (χ0) is 19.6. The Balaban J connectivity index is 1.81. The van der Waals surface area contributed by atoms with Gasteiger partial charge in [-0.1, -0.05) is 6.07 Å². The van der Waals surface area contributed by atoms with Crippen LogP contribution < -0.4 is 5.32 Å². The monoisotopic (exact) mass is 372 g/mol. The quantitative estimate of drug-likeness (QED) is 0.803. The second-order valence-electron chi connectivity index (χ2n) is 7.48. The van der Waals surface area contributed by atoms with Crippen LogP contribution in [0.2, 0.25) is 0 Å². The van der Waals surface area contributed by atoms with E-state index in [0.717, 1.165) is 23.3 Å². The van der Waals surface area contributed by atoms with E-state index in [-0.39, 0.29) is 23.8 Å². The average molecular weight is 372 g/mol. The van der Waals surface area contributed by atoms with Gasteiger partial charge in [0, 0.05) is 26.1 Å². The first-order valence-electron chi connectivity index (χ1n) is 9.39. The second-order valence-corrected chi connectivity index (χ2v) is 7.48. The zero-order valence-electron chi connectivity index (χ0n) is 16.5. The molecule has 1 amide bonds. The number of hydrogen-bond donors (Lipinski definition) is 2. The van der Waals surface area contributed by atoms with E-state index in [1.165, 1.54) is 25.2 Å². The first-order chi connectivity index (χ1) is 12.9. The standard InChI is InChI=1S/C20H28N4O3/c1-12-5-8-17-19(13(12)2)23-18(22-17)11-24-9-15(20(26)27-4)6-7-16(10-24)21-14(3)25/h5,8,15-16H,6-7,9-11H2,1-4H3,(H,21,25)(H,22,23)/t15-,16+/m0/s1. The number of carbonyl (C=O) groups is 2. The smallest absolute Gasteiger partial charge is 0.309 e. The molecular weight excluding hydrogens is 344 g/mol. The molecule has 0 spiro atoms. The van der Waals surface area contributed by atoms with Crippen LogP contribution in [0.5, 0.6) is 0 Å². The Morgan fingerprint density at radius 3 is 2.78 bits per heavy atom. The molecule has 0 bridgehead atoms. The molecular formula is C20H28N4O3. The number of fused-ring (bicyclic) bond motifs is 1. The summed E-state index contributed by atoms with van der Waals surface area (Å²) in [6.45, 7) is 7.55. The van der Waals surface area contributed by atoms with Gasteiger partial charge in [-0.2, -0.15) is 0 Å². The van der Waals surface area contributed by atoms with Crippen LogP contribution in [-0.4, -0.2) is 53.0 Å². The number of methoxy groups -OCH3 is 1. The van der Waals surface area contributed by atoms with Crippen LogP contribution in [0.25, 0.3) is 11.0 Å². The van der Waals surface area contributed by atoms with Gasteiger partial charge in [0.05, 0.1) is 30.6 Å². The van der Waals surface area contributed by atoms with Crippen molar-refractivity contribution in [1.29, 1.82) is 0 Å². The maximum atomic E-state index is 12.1. The lowest BCUT2D eigenvalue weighted by Gasteiger charge is -2.24. The first kappa shape index (κ1) is 19.4. The topological polar surface area (TPSA) is 87.3 Å². The number of nitrogens with one attached hydrogen (secondary N) is 2. The third-order valence-corrected chi connectivity index (χ3v) is 5.36. The van der Waals surface area contributed by atoms with E-state index in [1.54, 1.807) is 0 Å². The van der Waals surface area contributed by atoms with Crippen molar-refractivity contribution in [2.75, 3.05) is 20.2 Å². The van der Waals surface area contributed by atoms with Crippen LogP contribution in [0.1, 0.15) is 36.7 Å². The van der Waals surface area contributed by atoms with Crippen molar-refractivity contribution in [3.63, 3.8) is 0 Å². The number of likely N-dealkylation sites (tertiary alicyclic amines) is 1. The van der Waals surface area contributed by atoms with E-state index in [0.29, 0.717) is 26.1 Å². The fraction of sp³-hybridized carbons (Fsp3) is 0.550. The van der Waals surface area contributed by atoms with Crippen LogP contribution in [-0.2, 0) is 20.9 Å². The van der Waals surface area contributed by atoms with Crippen LogP contribution in [0, 0.1) is 19.8 Å². The predicted molar refractivity (Wildman–Crippen MR) is 103 cm³/mol. The van der Waals surface area contributed by atoms with Crippen molar-refractivity contribution in [2.24, 2.45) is 5.92 Å². The molecule has 27 heavy (non-hydrogen) atoms. The van der Waals surface area contributed by atoms with Crippen molar-refractivity contribution < 1.29 is 14.3 Å². The van der Waals surface area contributed by atoms with Gasteiger partial charge in [0.2, 0.25) is 5.91 Å². The second kappa shape index (κ2) is 8.08. The molecule has 0 unspecified atom stereocenters. The third-order valence-electron chi connectivity index (χ3n) is 5.36. The van der Waals surface area contributed by atoms with E-state index in [4.69, 9.17) is 9.72 Å². The van der Waals surface area contributed by atoms with Gasteiger partial charge in [0.25, 0.3) is 0 Å². The molecule has 3 rings (SSSR count). The van der Waals surface area contributed by atoms with Gasteiger partial charge >= 0.3 is 5.97 Å². The van der Waals surface area contributed by atoms with Gasteiger partial charge in [0.1, 0.15) is 5.82 Å². The number of aryl methyl sites for hydroxylation is 2. The third kappa shape index (κ3) is 4.47. The van der Waals surface area contributed by atoms with Crippen molar-refractivity contribution in [3.05, 3.63) is 29.1 Å². The Hall–Kier alpha value is -2.41. The number of amides is 1. The number of aromatic nitrogens is 2. The number of carbonyl (C=O) groups excluding carboxylic acids is 2. The maximum Gasteiger partial charge on any atom is 0.309 e. The summed E-state index contributed by atoms with van der Waals surface area (Å²) in [6.07, 6.45) is 1.46. The first-order valence-corrected chi connectivity index (χ1v) is 9.39. The number of H-pyrrole nitrogens is 1. The lowest BCUT2D eigenvalue weighted by molar-refractivity contribution is -0.146. The number of hydrogen-bond acceptors (Lipinski definition) is 5. The van der Waals surface area contributed by atoms with Gasteiger partial charge in [0.15, 0.2) is 0 Å². The van der Waals surface area contributed by atoms with E-state index < -0.39 is 0 Å². The van der Waals surface area contributed by atoms with Crippen LogP contribution in [0.4, 0.5) is 0 Å². The fourth-order valence-corrected chi connectivity index (χ4v) is 3.83. The van der Waals surface area contributed by atoms with E-state index in [9.17, 15) is 9.59 Å². The molecule has 1 aromatic carbocycles. The highest BCUT2D eigenvalue weighted by Gasteiger charge is 2.29. The summed E-state index contributed by atoms with van der Waals surface area (Å²) < 4.78 is 4.96. The van der Waals surface area contributed by atoms with Crippen LogP contribution in [0.15, 0.2) is 12.1 Å². The molecule has 0 saturated carbocycles. The summed E-state index contributed by atoms with van der Waals surface area (Å²) in [5.74, 6) is 0.429. The average Bonchev–Trinajstić information content (AvgIpc) is 2.93. The number of aromatic amines is 1. The highest BCUT2D eigenvalue weighted by molar-refractivity contribution is 5.79. The molecule has 2 N–H and O–H groups in total. The molecule has 1 aromatic heterocycles. The number of benzene rings is 1. The molecule has 2 heterocycles. The molecule has 1 fully saturated rings. The lowest BCUT2D eigenvalue weighted by atomic mass is 10.0. The van der Waals surface area contributed by atoms with Gasteiger partial charge < -0.3 is 15.0 Å². The summed E-state index contributed by atoms with van der Waals surface area (Å²) in [5.41, 5.74) is 4.40. The zero-order valence-corrected chi connectivity index (χ0v) is 16.5. The normalized spacial score (nSPS) is 21.0. The Bertz CT molecular complexity index is 845. The fourth-order valence-electron chi connectivity index (χ4n) is 3.83. The Kier molecular flexibility index (Phi) is 5.79. The number of ether oxygens (including phenoxy) is 1. The summed E-state index contributed by atoms with van der Waals surface area (Å²) >= 11 is 0. The molecule has 7 heteroatoms. The SMILES string of the molecule is COC(=O)[C@H]1CC[C@@H](NC(C)=O)CN(Cc2nc3c(C)c(C)ccc3[nH]2)C1. The van der Waals surface area contributed by atoms with Crippen molar-refractivity contribution in [1.82, 2.24) is 20.2 Å². The predicted octanol–water partition coefficient (Wildman–Crippen LogP) is 2.07. The minimum absolute atomic E-state index is 0.0190. The van der Waals surface area contributed by atoms with Gasteiger partial charge in [-0.05, 0) is 43.9 Å². The molecule has 1 aliphatic rings. The van der Waals surface area contributed by atoms with Crippen molar-refractivity contribution >= 4 is 22.9 Å². The minimum Gasteiger partial charge on any atom is -0.469 e. The maximum absolute atomic E-state index is 12.1. The highest BCUT2D eigenvalue weighted by atomic mass is 16.5. The Morgan fingerprint density at radius 2 is 2.07 bits per heavy atom. The number of rotatable bonds is 4. The van der Waals surface area contributed by atoms with Crippen LogP contribution in [0.3, 0.4) is 0 Å². The lowest BCUT2D eigenvalue weighted by Crippen LogP contribution is -2.42. The minimum atomic E-state index is -0.195. The van der Waals surface area contributed by atoms with Crippen LogP contribution >= 0.6 is 0 Å². The van der Waals surface area contributed by atoms with Crippen molar-refractivity contribution in [3.8, 4) is 0 Å². The van der Waals surface area contributed by atoms with Crippen molar-refractivity contribution in [2.45, 2.75) is 46.2 Å². The number of nitrogens with zero attached hydrogens (tertiary/aromatic N) is 2. The molecule has 1 aliphatic heterocycles. The summed E-state index contributed by atoms with van der Waals surface area (Å²) in [7, 11) is 1.42. The Labute approximate surface area is 159 Å². The highest BCUT2D eigenvalue weighted by Crippen LogP contribution is 2.22. The van der Waals surface area contributed by atoms with Gasteiger partial charge in [-0.15, -0.1) is 0 Å². The molecule has 7 nitrogen and oxygen atoms in total.